The molecule has 0 aliphatic rings. The molecule has 1 aromatic heterocycles. The van der Waals surface area contributed by atoms with E-state index in [1.54, 1.807) is 0 Å². The van der Waals surface area contributed by atoms with E-state index in [0.717, 1.165) is 23.7 Å². The highest BCUT2D eigenvalue weighted by molar-refractivity contribution is 6.31. The number of nitrogens with one attached hydrogen (secondary N) is 1. The summed E-state index contributed by atoms with van der Waals surface area (Å²) in [6.45, 7) is 6.09. The van der Waals surface area contributed by atoms with Crippen LogP contribution in [0, 0.1) is 0 Å². The second-order valence-corrected chi connectivity index (χ2v) is 4.84. The maximum absolute atomic E-state index is 6.21. The van der Waals surface area contributed by atoms with Crippen LogP contribution >= 0.6 is 11.6 Å². The van der Waals surface area contributed by atoms with Crippen molar-refractivity contribution in [2.45, 2.75) is 26.4 Å². The van der Waals surface area contributed by atoms with Gasteiger partial charge < -0.3 is 9.88 Å². The standard InChI is InChI=1S/C15H19ClN2/c1-3-17-12(2)15-9-6-10-18(15)11-13-7-4-5-8-14(13)16/h4-10,12,17H,3,11H2,1-2H3. The average Bonchev–Trinajstić information content (AvgIpc) is 2.81. The van der Waals surface area contributed by atoms with Crippen LogP contribution in [0.5, 0.6) is 0 Å². The highest BCUT2D eigenvalue weighted by Crippen LogP contribution is 2.19. The van der Waals surface area contributed by atoms with Crippen molar-refractivity contribution in [3.63, 3.8) is 0 Å². The number of aromatic nitrogens is 1. The highest BCUT2D eigenvalue weighted by Gasteiger charge is 2.09. The molecule has 0 aliphatic heterocycles. The lowest BCUT2D eigenvalue weighted by Crippen LogP contribution is -2.20. The molecule has 0 spiro atoms. The highest BCUT2D eigenvalue weighted by atomic mass is 35.5. The Morgan fingerprint density at radius 2 is 2.00 bits per heavy atom. The zero-order valence-electron chi connectivity index (χ0n) is 10.9. The van der Waals surface area contributed by atoms with E-state index >= 15 is 0 Å². The Hall–Kier alpha value is -1.25. The van der Waals surface area contributed by atoms with E-state index < -0.39 is 0 Å². The van der Waals surface area contributed by atoms with Crippen molar-refractivity contribution in [3.8, 4) is 0 Å². The summed E-state index contributed by atoms with van der Waals surface area (Å²) in [5, 5.41) is 4.26. The van der Waals surface area contributed by atoms with Crippen molar-refractivity contribution in [3.05, 3.63) is 58.9 Å². The minimum absolute atomic E-state index is 0.354. The fourth-order valence-corrected chi connectivity index (χ4v) is 2.38. The molecular formula is C15H19ClN2. The molecule has 0 fully saturated rings. The molecule has 0 bridgehead atoms. The molecule has 2 aromatic rings. The summed E-state index contributed by atoms with van der Waals surface area (Å²) in [5.74, 6) is 0. The zero-order chi connectivity index (χ0) is 13.0. The Labute approximate surface area is 114 Å². The molecule has 1 heterocycles. The van der Waals surface area contributed by atoms with Crippen LogP contribution in [0.4, 0.5) is 0 Å². The number of halogens is 1. The van der Waals surface area contributed by atoms with Crippen LogP contribution in [0.2, 0.25) is 5.02 Å². The third kappa shape index (κ3) is 2.95. The number of rotatable bonds is 5. The Kier molecular flexibility index (Phi) is 4.45. The van der Waals surface area contributed by atoms with E-state index in [4.69, 9.17) is 11.6 Å². The minimum atomic E-state index is 0.354. The first-order valence-electron chi connectivity index (χ1n) is 6.34. The molecule has 0 amide bonds. The van der Waals surface area contributed by atoms with Crippen molar-refractivity contribution in [2.75, 3.05) is 6.54 Å². The predicted molar refractivity (Wildman–Crippen MR) is 77.1 cm³/mol. The third-order valence-corrected chi connectivity index (χ3v) is 3.49. The number of hydrogen-bond acceptors (Lipinski definition) is 1. The SMILES string of the molecule is CCNC(C)c1cccn1Cc1ccccc1Cl. The van der Waals surface area contributed by atoms with Crippen LogP contribution in [-0.2, 0) is 6.54 Å². The molecule has 3 heteroatoms. The molecule has 1 atom stereocenters. The van der Waals surface area contributed by atoms with Gasteiger partial charge in [0, 0.05) is 29.5 Å². The van der Waals surface area contributed by atoms with E-state index in [2.05, 4.69) is 48.1 Å². The van der Waals surface area contributed by atoms with Crippen molar-refractivity contribution in [1.29, 1.82) is 0 Å². The van der Waals surface area contributed by atoms with Gasteiger partial charge in [-0.15, -0.1) is 0 Å². The van der Waals surface area contributed by atoms with Crippen molar-refractivity contribution < 1.29 is 0 Å². The zero-order valence-corrected chi connectivity index (χ0v) is 11.6. The Bertz CT molecular complexity index is 505. The van der Waals surface area contributed by atoms with Gasteiger partial charge in [0.05, 0.1) is 0 Å². The first-order valence-corrected chi connectivity index (χ1v) is 6.72. The van der Waals surface area contributed by atoms with Gasteiger partial charge in [-0.3, -0.25) is 0 Å². The molecule has 1 N–H and O–H groups in total. The first-order chi connectivity index (χ1) is 8.72. The van der Waals surface area contributed by atoms with E-state index in [9.17, 15) is 0 Å². The summed E-state index contributed by atoms with van der Waals surface area (Å²) in [6.07, 6.45) is 2.10. The third-order valence-electron chi connectivity index (χ3n) is 3.12. The van der Waals surface area contributed by atoms with Crippen molar-refractivity contribution in [1.82, 2.24) is 9.88 Å². The van der Waals surface area contributed by atoms with Gasteiger partial charge in [0.15, 0.2) is 0 Å². The van der Waals surface area contributed by atoms with Gasteiger partial charge in [-0.25, -0.2) is 0 Å². The molecule has 0 aliphatic carbocycles. The molecule has 2 rings (SSSR count). The number of nitrogens with zero attached hydrogens (tertiary/aromatic N) is 1. The molecule has 0 radical (unpaired) electrons. The Balaban J connectivity index is 2.20. The normalized spacial score (nSPS) is 12.6. The van der Waals surface area contributed by atoms with Crippen LogP contribution in [0.3, 0.4) is 0 Å². The fraction of sp³-hybridized carbons (Fsp3) is 0.333. The van der Waals surface area contributed by atoms with Gasteiger partial charge in [-0.1, -0.05) is 36.7 Å². The lowest BCUT2D eigenvalue weighted by molar-refractivity contribution is 0.553. The molecule has 96 valence electrons. The Morgan fingerprint density at radius 1 is 1.22 bits per heavy atom. The number of hydrogen-bond donors (Lipinski definition) is 1. The summed E-state index contributed by atoms with van der Waals surface area (Å²) in [4.78, 5) is 0. The van der Waals surface area contributed by atoms with Crippen molar-refractivity contribution in [2.24, 2.45) is 0 Å². The van der Waals surface area contributed by atoms with E-state index in [1.807, 2.05) is 18.2 Å². The summed E-state index contributed by atoms with van der Waals surface area (Å²) < 4.78 is 2.24. The maximum atomic E-state index is 6.21. The monoisotopic (exact) mass is 262 g/mol. The van der Waals surface area contributed by atoms with E-state index in [1.165, 1.54) is 5.69 Å². The molecule has 2 nitrogen and oxygen atoms in total. The largest absolute Gasteiger partial charge is 0.346 e. The van der Waals surface area contributed by atoms with Crippen molar-refractivity contribution >= 4 is 11.6 Å². The second kappa shape index (κ2) is 6.07. The summed E-state index contributed by atoms with van der Waals surface area (Å²) in [5.41, 5.74) is 2.44. The fourth-order valence-electron chi connectivity index (χ4n) is 2.19. The summed E-state index contributed by atoms with van der Waals surface area (Å²) in [7, 11) is 0. The summed E-state index contributed by atoms with van der Waals surface area (Å²) in [6, 6.07) is 12.6. The molecule has 0 saturated carbocycles. The molecule has 1 aromatic carbocycles. The van der Waals surface area contributed by atoms with Gasteiger partial charge in [-0.2, -0.15) is 0 Å². The van der Waals surface area contributed by atoms with E-state index in [-0.39, 0.29) is 0 Å². The maximum Gasteiger partial charge on any atom is 0.0488 e. The van der Waals surface area contributed by atoms with Gasteiger partial charge in [0.25, 0.3) is 0 Å². The molecule has 0 saturated heterocycles. The van der Waals surface area contributed by atoms with Gasteiger partial charge in [0.2, 0.25) is 0 Å². The van der Waals surface area contributed by atoms with Gasteiger partial charge in [0.1, 0.15) is 0 Å². The summed E-state index contributed by atoms with van der Waals surface area (Å²) >= 11 is 6.21. The quantitative estimate of drug-likeness (QED) is 0.866. The predicted octanol–water partition coefficient (Wildman–Crippen LogP) is 3.86. The molecular weight excluding hydrogens is 244 g/mol. The topological polar surface area (TPSA) is 17.0 Å². The average molecular weight is 263 g/mol. The molecule has 18 heavy (non-hydrogen) atoms. The lowest BCUT2D eigenvalue weighted by Gasteiger charge is -2.16. The number of benzene rings is 1. The van der Waals surface area contributed by atoms with Gasteiger partial charge >= 0.3 is 0 Å². The smallest absolute Gasteiger partial charge is 0.0488 e. The van der Waals surface area contributed by atoms with Crippen LogP contribution < -0.4 is 5.32 Å². The Morgan fingerprint density at radius 3 is 2.72 bits per heavy atom. The molecule has 1 unspecified atom stereocenters. The van der Waals surface area contributed by atoms with Gasteiger partial charge in [-0.05, 0) is 37.2 Å². The first kappa shape index (κ1) is 13.2. The lowest BCUT2D eigenvalue weighted by atomic mass is 10.2. The van der Waals surface area contributed by atoms with Crippen LogP contribution in [0.15, 0.2) is 42.6 Å². The second-order valence-electron chi connectivity index (χ2n) is 4.43. The van der Waals surface area contributed by atoms with E-state index in [0.29, 0.717) is 6.04 Å². The van der Waals surface area contributed by atoms with Crippen LogP contribution in [0.1, 0.15) is 31.1 Å². The van der Waals surface area contributed by atoms with Crippen LogP contribution in [-0.4, -0.2) is 11.1 Å². The van der Waals surface area contributed by atoms with Crippen LogP contribution in [0.25, 0.3) is 0 Å². The minimum Gasteiger partial charge on any atom is -0.346 e.